The van der Waals surface area contributed by atoms with Crippen molar-refractivity contribution in [2.24, 2.45) is 17.6 Å². The van der Waals surface area contributed by atoms with Crippen LogP contribution in [0.2, 0.25) is 0 Å². The van der Waals surface area contributed by atoms with Gasteiger partial charge in [-0.3, -0.25) is 0 Å². The van der Waals surface area contributed by atoms with Gasteiger partial charge in [0.25, 0.3) is 0 Å². The second-order valence-corrected chi connectivity index (χ2v) is 5.76. The van der Waals surface area contributed by atoms with Crippen LogP contribution in [0.15, 0.2) is 0 Å². The maximum absolute atomic E-state index is 5.72. The van der Waals surface area contributed by atoms with E-state index >= 15 is 0 Å². The Hall–Kier alpha value is -0.120. The Morgan fingerprint density at radius 1 is 1.29 bits per heavy atom. The maximum atomic E-state index is 5.72. The van der Waals surface area contributed by atoms with E-state index < -0.39 is 0 Å². The largest absolute Gasteiger partial charge is 0.377 e. The van der Waals surface area contributed by atoms with E-state index in [-0.39, 0.29) is 6.10 Å². The zero-order valence-electron chi connectivity index (χ0n) is 11.2. The van der Waals surface area contributed by atoms with Gasteiger partial charge in [-0.2, -0.15) is 0 Å². The van der Waals surface area contributed by atoms with Crippen molar-refractivity contribution in [3.63, 3.8) is 0 Å². The normalized spacial score (nSPS) is 31.4. The van der Waals surface area contributed by atoms with Crippen LogP contribution in [0, 0.1) is 11.8 Å². The molecular weight excluding hydrogens is 212 g/mol. The van der Waals surface area contributed by atoms with Crippen LogP contribution >= 0.6 is 0 Å². The first-order valence-electron chi connectivity index (χ1n) is 7.35. The molecule has 2 N–H and O–H groups in total. The van der Waals surface area contributed by atoms with Crippen molar-refractivity contribution < 1.29 is 4.74 Å². The first kappa shape index (κ1) is 13.3. The molecule has 0 aromatic rings. The minimum Gasteiger partial charge on any atom is -0.377 e. The summed E-state index contributed by atoms with van der Waals surface area (Å²) in [7, 11) is 0. The molecule has 2 rings (SSSR count). The summed E-state index contributed by atoms with van der Waals surface area (Å²) in [5, 5.41) is 0. The fraction of sp³-hybridized carbons (Fsp3) is 1.00. The number of nitrogens with two attached hydrogens (primary N) is 1. The van der Waals surface area contributed by atoms with Gasteiger partial charge < -0.3 is 15.4 Å². The van der Waals surface area contributed by atoms with Crippen LogP contribution in [0.5, 0.6) is 0 Å². The van der Waals surface area contributed by atoms with Gasteiger partial charge in [0.05, 0.1) is 6.10 Å². The fourth-order valence-corrected chi connectivity index (χ4v) is 3.55. The van der Waals surface area contributed by atoms with Gasteiger partial charge in [-0.1, -0.05) is 6.42 Å². The molecule has 1 saturated carbocycles. The molecule has 1 heterocycles. The molecule has 17 heavy (non-hydrogen) atoms. The molecule has 3 nitrogen and oxygen atoms in total. The SMILES string of the molecule is CCOC(CN)CCN1CC2CCCC(C2)C1. The highest BCUT2D eigenvalue weighted by Gasteiger charge is 2.30. The molecule has 2 bridgehead atoms. The molecule has 0 amide bonds. The Balaban J connectivity index is 1.71. The average Bonchev–Trinajstić information content (AvgIpc) is 2.34. The molecule has 0 spiro atoms. The first-order valence-corrected chi connectivity index (χ1v) is 7.35. The molecule has 3 heteroatoms. The molecule has 0 aromatic carbocycles. The number of hydrogen-bond donors (Lipinski definition) is 1. The minimum absolute atomic E-state index is 0.266. The van der Waals surface area contributed by atoms with Crippen molar-refractivity contribution in [1.82, 2.24) is 4.90 Å². The van der Waals surface area contributed by atoms with Gasteiger partial charge in [0.1, 0.15) is 0 Å². The first-order chi connectivity index (χ1) is 8.31. The standard InChI is InChI=1S/C14H28N2O/c1-2-17-14(9-15)6-7-16-10-12-4-3-5-13(8-12)11-16/h12-14H,2-11,15H2,1H3. The lowest BCUT2D eigenvalue weighted by molar-refractivity contribution is 0.0365. The highest BCUT2D eigenvalue weighted by molar-refractivity contribution is 4.83. The quantitative estimate of drug-likeness (QED) is 0.770. The molecule has 100 valence electrons. The molecular formula is C14H28N2O. The van der Waals surface area contributed by atoms with Crippen LogP contribution in [0.3, 0.4) is 0 Å². The van der Waals surface area contributed by atoms with Crippen LogP contribution in [-0.2, 0) is 4.74 Å². The van der Waals surface area contributed by atoms with E-state index in [0.717, 1.165) is 24.9 Å². The van der Waals surface area contributed by atoms with Crippen molar-refractivity contribution in [3.8, 4) is 0 Å². The Bertz CT molecular complexity index is 210. The Morgan fingerprint density at radius 3 is 2.59 bits per heavy atom. The predicted molar refractivity (Wildman–Crippen MR) is 71.0 cm³/mol. The number of fused-ring (bicyclic) bond motifs is 2. The van der Waals surface area contributed by atoms with Crippen LogP contribution in [0.25, 0.3) is 0 Å². The molecule has 2 fully saturated rings. The van der Waals surface area contributed by atoms with Gasteiger partial charge in [0.15, 0.2) is 0 Å². The average molecular weight is 240 g/mol. The lowest BCUT2D eigenvalue weighted by atomic mass is 9.78. The summed E-state index contributed by atoms with van der Waals surface area (Å²) >= 11 is 0. The van der Waals surface area contributed by atoms with Gasteiger partial charge in [0, 0.05) is 32.8 Å². The summed E-state index contributed by atoms with van der Waals surface area (Å²) in [6.07, 6.45) is 7.23. The van der Waals surface area contributed by atoms with Crippen molar-refractivity contribution >= 4 is 0 Å². The Morgan fingerprint density at radius 2 is 2.00 bits per heavy atom. The van der Waals surface area contributed by atoms with E-state index in [9.17, 15) is 0 Å². The number of ether oxygens (including phenoxy) is 1. The highest BCUT2D eigenvalue weighted by atomic mass is 16.5. The van der Waals surface area contributed by atoms with E-state index in [1.807, 2.05) is 6.92 Å². The van der Waals surface area contributed by atoms with E-state index in [1.54, 1.807) is 0 Å². The molecule has 0 aromatic heterocycles. The molecule has 3 atom stereocenters. The van der Waals surface area contributed by atoms with Crippen molar-refractivity contribution in [1.29, 1.82) is 0 Å². The lowest BCUT2D eigenvalue weighted by Crippen LogP contribution is -2.44. The molecule has 1 aliphatic heterocycles. The number of hydrogen-bond acceptors (Lipinski definition) is 3. The number of piperidine rings is 1. The van der Waals surface area contributed by atoms with E-state index in [0.29, 0.717) is 6.54 Å². The smallest absolute Gasteiger partial charge is 0.0709 e. The summed E-state index contributed by atoms with van der Waals surface area (Å²) in [6.45, 7) is 7.31. The molecule has 1 saturated heterocycles. The molecule has 2 aliphatic rings. The van der Waals surface area contributed by atoms with Crippen LogP contribution in [0.1, 0.15) is 39.0 Å². The van der Waals surface area contributed by atoms with Gasteiger partial charge in [-0.05, 0) is 44.4 Å². The second kappa shape index (κ2) is 6.72. The molecule has 1 aliphatic carbocycles. The lowest BCUT2D eigenvalue weighted by Gasteiger charge is -2.41. The summed E-state index contributed by atoms with van der Waals surface area (Å²) in [4.78, 5) is 2.65. The number of likely N-dealkylation sites (tertiary alicyclic amines) is 1. The summed E-state index contributed by atoms with van der Waals surface area (Å²) in [5.74, 6) is 1.96. The highest BCUT2D eigenvalue weighted by Crippen LogP contribution is 2.34. The van der Waals surface area contributed by atoms with Crippen molar-refractivity contribution in [2.75, 3.05) is 32.8 Å². The summed E-state index contributed by atoms with van der Waals surface area (Å²) < 4.78 is 5.62. The number of nitrogens with zero attached hydrogens (tertiary/aromatic N) is 1. The van der Waals surface area contributed by atoms with Gasteiger partial charge in [0.2, 0.25) is 0 Å². The topological polar surface area (TPSA) is 38.5 Å². The zero-order chi connectivity index (χ0) is 12.1. The third kappa shape index (κ3) is 3.94. The number of rotatable bonds is 6. The van der Waals surface area contributed by atoms with Crippen LogP contribution in [-0.4, -0.2) is 43.8 Å². The third-order valence-electron chi connectivity index (χ3n) is 4.36. The second-order valence-electron chi connectivity index (χ2n) is 5.76. The van der Waals surface area contributed by atoms with E-state index in [2.05, 4.69) is 4.90 Å². The summed E-state index contributed by atoms with van der Waals surface area (Å²) in [6, 6.07) is 0. The van der Waals surface area contributed by atoms with Crippen molar-refractivity contribution in [3.05, 3.63) is 0 Å². The Kier molecular flexibility index (Phi) is 5.26. The van der Waals surface area contributed by atoms with Crippen LogP contribution in [0.4, 0.5) is 0 Å². The minimum atomic E-state index is 0.266. The zero-order valence-corrected chi connectivity index (χ0v) is 11.2. The van der Waals surface area contributed by atoms with Crippen LogP contribution < -0.4 is 5.73 Å². The fourth-order valence-electron chi connectivity index (χ4n) is 3.55. The summed E-state index contributed by atoms with van der Waals surface area (Å²) in [5.41, 5.74) is 5.72. The Labute approximate surface area is 106 Å². The monoisotopic (exact) mass is 240 g/mol. The molecule has 0 radical (unpaired) electrons. The predicted octanol–water partition coefficient (Wildman–Crippen LogP) is 1.86. The van der Waals surface area contributed by atoms with Crippen molar-refractivity contribution in [2.45, 2.75) is 45.1 Å². The molecule has 3 unspecified atom stereocenters. The maximum Gasteiger partial charge on any atom is 0.0709 e. The third-order valence-corrected chi connectivity index (χ3v) is 4.36. The van der Waals surface area contributed by atoms with Gasteiger partial charge >= 0.3 is 0 Å². The van der Waals surface area contributed by atoms with E-state index in [1.165, 1.54) is 45.3 Å². The van der Waals surface area contributed by atoms with E-state index in [4.69, 9.17) is 10.5 Å². The van der Waals surface area contributed by atoms with Gasteiger partial charge in [-0.15, -0.1) is 0 Å². The van der Waals surface area contributed by atoms with Gasteiger partial charge in [-0.25, -0.2) is 0 Å².